The van der Waals surface area contributed by atoms with Crippen molar-refractivity contribution in [2.75, 3.05) is 13.7 Å². The average Bonchev–Trinajstić information content (AvgIpc) is 2.14. The SMILES string of the molecule is COCC(C)Oc1cc(C)c(Br)c(C)c1. The van der Waals surface area contributed by atoms with E-state index in [9.17, 15) is 0 Å². The Bertz CT molecular complexity index is 313. The van der Waals surface area contributed by atoms with Crippen molar-refractivity contribution >= 4 is 15.9 Å². The summed E-state index contributed by atoms with van der Waals surface area (Å²) >= 11 is 3.53. The Morgan fingerprint density at radius 1 is 1.27 bits per heavy atom. The highest BCUT2D eigenvalue weighted by Crippen LogP contribution is 2.26. The van der Waals surface area contributed by atoms with Gasteiger partial charge in [0, 0.05) is 11.6 Å². The Labute approximate surface area is 99.7 Å². The van der Waals surface area contributed by atoms with Gasteiger partial charge in [-0.15, -0.1) is 0 Å². The number of methoxy groups -OCH3 is 1. The van der Waals surface area contributed by atoms with Crippen molar-refractivity contribution in [3.05, 3.63) is 27.7 Å². The number of benzene rings is 1. The average molecular weight is 273 g/mol. The summed E-state index contributed by atoms with van der Waals surface area (Å²) in [5.41, 5.74) is 2.38. The first-order valence-electron chi connectivity index (χ1n) is 4.97. The fourth-order valence-electron chi connectivity index (χ4n) is 1.48. The van der Waals surface area contributed by atoms with Gasteiger partial charge in [0.05, 0.1) is 6.61 Å². The molecular formula is C12H17BrO2. The summed E-state index contributed by atoms with van der Waals surface area (Å²) in [6, 6.07) is 4.06. The predicted molar refractivity (Wildman–Crippen MR) is 65.6 cm³/mol. The maximum Gasteiger partial charge on any atom is 0.120 e. The van der Waals surface area contributed by atoms with Crippen LogP contribution in [-0.4, -0.2) is 19.8 Å². The summed E-state index contributed by atoms with van der Waals surface area (Å²) in [5.74, 6) is 0.901. The molecule has 84 valence electrons. The van der Waals surface area contributed by atoms with E-state index < -0.39 is 0 Å². The lowest BCUT2D eigenvalue weighted by molar-refractivity contribution is 0.0920. The van der Waals surface area contributed by atoms with E-state index in [4.69, 9.17) is 9.47 Å². The molecular weight excluding hydrogens is 256 g/mol. The number of halogens is 1. The zero-order valence-corrected chi connectivity index (χ0v) is 11.2. The van der Waals surface area contributed by atoms with Crippen LogP contribution in [0.15, 0.2) is 16.6 Å². The van der Waals surface area contributed by atoms with E-state index in [1.807, 2.05) is 19.1 Å². The van der Waals surface area contributed by atoms with E-state index in [-0.39, 0.29) is 6.10 Å². The van der Waals surface area contributed by atoms with Crippen molar-refractivity contribution < 1.29 is 9.47 Å². The lowest BCUT2D eigenvalue weighted by Crippen LogP contribution is -2.18. The van der Waals surface area contributed by atoms with Crippen molar-refractivity contribution in [2.24, 2.45) is 0 Å². The van der Waals surface area contributed by atoms with Gasteiger partial charge in [-0.2, -0.15) is 0 Å². The number of aryl methyl sites for hydroxylation is 2. The first-order chi connectivity index (χ1) is 7.04. The van der Waals surface area contributed by atoms with Crippen LogP contribution in [0.5, 0.6) is 5.75 Å². The van der Waals surface area contributed by atoms with Crippen molar-refractivity contribution in [3.63, 3.8) is 0 Å². The van der Waals surface area contributed by atoms with Crippen molar-refractivity contribution in [1.82, 2.24) is 0 Å². The van der Waals surface area contributed by atoms with Gasteiger partial charge in [-0.3, -0.25) is 0 Å². The van der Waals surface area contributed by atoms with Gasteiger partial charge in [-0.25, -0.2) is 0 Å². The van der Waals surface area contributed by atoms with E-state index in [0.29, 0.717) is 6.61 Å². The van der Waals surface area contributed by atoms with Gasteiger partial charge in [-0.1, -0.05) is 15.9 Å². The summed E-state index contributed by atoms with van der Waals surface area (Å²) in [6.45, 7) is 6.72. The number of ether oxygens (including phenoxy) is 2. The summed E-state index contributed by atoms with van der Waals surface area (Å²) in [5, 5.41) is 0. The molecule has 0 radical (unpaired) electrons. The van der Waals surface area contributed by atoms with Gasteiger partial charge in [0.2, 0.25) is 0 Å². The molecule has 0 aliphatic carbocycles. The fraction of sp³-hybridized carbons (Fsp3) is 0.500. The van der Waals surface area contributed by atoms with Crippen LogP contribution in [0, 0.1) is 13.8 Å². The Kier molecular flexibility index (Phi) is 4.61. The minimum Gasteiger partial charge on any atom is -0.488 e. The van der Waals surface area contributed by atoms with Gasteiger partial charge in [0.1, 0.15) is 11.9 Å². The smallest absolute Gasteiger partial charge is 0.120 e. The fourth-order valence-corrected chi connectivity index (χ4v) is 1.70. The van der Waals surface area contributed by atoms with Gasteiger partial charge < -0.3 is 9.47 Å². The molecule has 0 aliphatic rings. The quantitative estimate of drug-likeness (QED) is 0.836. The predicted octanol–water partition coefficient (Wildman–Crippen LogP) is 3.48. The molecule has 1 unspecified atom stereocenters. The molecule has 0 amide bonds. The molecule has 0 spiro atoms. The van der Waals surface area contributed by atoms with Gasteiger partial charge in [0.15, 0.2) is 0 Å². The Morgan fingerprint density at radius 2 is 1.80 bits per heavy atom. The highest BCUT2D eigenvalue weighted by atomic mass is 79.9. The molecule has 1 atom stereocenters. The van der Waals surface area contributed by atoms with Crippen molar-refractivity contribution in [3.8, 4) is 5.75 Å². The minimum atomic E-state index is 0.0787. The molecule has 0 bridgehead atoms. The molecule has 3 heteroatoms. The Morgan fingerprint density at radius 3 is 2.27 bits per heavy atom. The number of hydrogen-bond donors (Lipinski definition) is 0. The van der Waals surface area contributed by atoms with Crippen LogP contribution in [-0.2, 0) is 4.74 Å². The molecule has 15 heavy (non-hydrogen) atoms. The van der Waals surface area contributed by atoms with Crippen molar-refractivity contribution in [2.45, 2.75) is 26.9 Å². The van der Waals surface area contributed by atoms with E-state index in [2.05, 4.69) is 29.8 Å². The zero-order valence-electron chi connectivity index (χ0n) is 9.63. The van der Waals surface area contributed by atoms with E-state index >= 15 is 0 Å². The molecule has 0 aromatic heterocycles. The normalized spacial score (nSPS) is 12.6. The molecule has 1 rings (SSSR count). The van der Waals surface area contributed by atoms with Gasteiger partial charge >= 0.3 is 0 Å². The molecule has 0 heterocycles. The zero-order chi connectivity index (χ0) is 11.4. The molecule has 2 nitrogen and oxygen atoms in total. The minimum absolute atomic E-state index is 0.0787. The van der Waals surface area contributed by atoms with Crippen LogP contribution in [0.1, 0.15) is 18.1 Å². The monoisotopic (exact) mass is 272 g/mol. The van der Waals surface area contributed by atoms with Crippen LogP contribution >= 0.6 is 15.9 Å². The summed E-state index contributed by atoms with van der Waals surface area (Å²) in [4.78, 5) is 0. The largest absolute Gasteiger partial charge is 0.488 e. The van der Waals surface area contributed by atoms with E-state index in [1.165, 1.54) is 11.1 Å². The van der Waals surface area contributed by atoms with Crippen LogP contribution in [0.2, 0.25) is 0 Å². The Hall–Kier alpha value is -0.540. The first kappa shape index (κ1) is 12.5. The standard InChI is InChI=1S/C12H17BrO2/c1-8-5-11(6-9(2)12(8)13)15-10(3)7-14-4/h5-6,10H,7H2,1-4H3. The molecule has 0 saturated carbocycles. The Balaban J connectivity index is 2.78. The van der Waals surface area contributed by atoms with E-state index in [1.54, 1.807) is 7.11 Å². The third kappa shape index (κ3) is 3.50. The van der Waals surface area contributed by atoms with Gasteiger partial charge in [-0.05, 0) is 44.0 Å². The van der Waals surface area contributed by atoms with Gasteiger partial charge in [0.25, 0.3) is 0 Å². The summed E-state index contributed by atoms with van der Waals surface area (Å²) in [6.07, 6.45) is 0.0787. The lowest BCUT2D eigenvalue weighted by Gasteiger charge is -2.15. The molecule has 0 aliphatic heterocycles. The summed E-state index contributed by atoms with van der Waals surface area (Å²) in [7, 11) is 1.68. The third-order valence-electron chi connectivity index (χ3n) is 2.15. The molecule has 0 saturated heterocycles. The first-order valence-corrected chi connectivity index (χ1v) is 5.76. The molecule has 0 N–H and O–H groups in total. The second-order valence-electron chi connectivity index (χ2n) is 3.75. The second-order valence-corrected chi connectivity index (χ2v) is 4.55. The summed E-state index contributed by atoms with van der Waals surface area (Å²) < 4.78 is 11.9. The van der Waals surface area contributed by atoms with Crippen LogP contribution in [0.3, 0.4) is 0 Å². The maximum atomic E-state index is 5.73. The molecule has 1 aromatic rings. The number of hydrogen-bond acceptors (Lipinski definition) is 2. The van der Waals surface area contributed by atoms with Crippen LogP contribution < -0.4 is 4.74 Å². The number of rotatable bonds is 4. The van der Waals surface area contributed by atoms with Crippen LogP contribution in [0.4, 0.5) is 0 Å². The van der Waals surface area contributed by atoms with Crippen molar-refractivity contribution in [1.29, 1.82) is 0 Å². The second kappa shape index (κ2) is 5.52. The highest BCUT2D eigenvalue weighted by molar-refractivity contribution is 9.10. The maximum absolute atomic E-state index is 5.73. The molecule has 1 aromatic carbocycles. The highest BCUT2D eigenvalue weighted by Gasteiger charge is 2.06. The third-order valence-corrected chi connectivity index (χ3v) is 3.40. The lowest BCUT2D eigenvalue weighted by atomic mass is 10.1. The van der Waals surface area contributed by atoms with E-state index in [0.717, 1.165) is 10.2 Å². The van der Waals surface area contributed by atoms with Crippen LogP contribution in [0.25, 0.3) is 0 Å². The topological polar surface area (TPSA) is 18.5 Å². The molecule has 0 fully saturated rings.